The van der Waals surface area contributed by atoms with Crippen molar-refractivity contribution in [2.75, 3.05) is 0 Å². The Morgan fingerprint density at radius 2 is 1.88 bits per heavy atom. The molecule has 0 radical (unpaired) electrons. The van der Waals surface area contributed by atoms with Gasteiger partial charge in [-0.3, -0.25) is 4.57 Å². The predicted molar refractivity (Wildman–Crippen MR) is 64.2 cm³/mol. The number of hydrogen-bond acceptors (Lipinski definition) is 2. The van der Waals surface area contributed by atoms with E-state index in [2.05, 4.69) is 0 Å². The van der Waals surface area contributed by atoms with Gasteiger partial charge in [0.15, 0.2) is 0 Å². The van der Waals surface area contributed by atoms with Crippen LogP contribution in [0.3, 0.4) is 0 Å². The normalized spacial score (nSPS) is 15.8. The Kier molecular flexibility index (Phi) is 4.69. The fourth-order valence-electron chi connectivity index (χ4n) is 1.58. The summed E-state index contributed by atoms with van der Waals surface area (Å²) in [5.41, 5.74) is 6.28. The van der Waals surface area contributed by atoms with Crippen LogP contribution in [0.5, 0.6) is 0 Å². The van der Waals surface area contributed by atoms with Crippen molar-refractivity contribution in [1.29, 1.82) is 0 Å². The molecule has 0 amide bonds. The quantitative estimate of drug-likeness (QED) is 0.684. The molecule has 0 aliphatic heterocycles. The number of nitrogens with two attached hydrogens (primary N) is 1. The molecule has 0 bridgehead atoms. The Bertz CT molecular complexity index is 363. The number of hydrogen-bond donors (Lipinski definition) is 3. The molecule has 16 heavy (non-hydrogen) atoms. The molecule has 1 aromatic carbocycles. The zero-order chi connectivity index (χ0) is 12.2. The van der Waals surface area contributed by atoms with Gasteiger partial charge in [0.25, 0.3) is 0 Å². The van der Waals surface area contributed by atoms with Gasteiger partial charge in [0.2, 0.25) is 0 Å². The van der Waals surface area contributed by atoms with Crippen LogP contribution in [0.1, 0.15) is 18.9 Å². The summed E-state index contributed by atoms with van der Waals surface area (Å²) >= 11 is 0. The average Bonchev–Trinajstić information content (AvgIpc) is 2.17. The van der Waals surface area contributed by atoms with Crippen LogP contribution < -0.4 is 5.73 Å². The smallest absolute Gasteiger partial charge is 0.327 e. The first-order valence-corrected chi connectivity index (χ1v) is 6.92. The molecule has 0 heterocycles. The van der Waals surface area contributed by atoms with Gasteiger partial charge in [-0.15, -0.1) is 0 Å². The van der Waals surface area contributed by atoms with Gasteiger partial charge in [-0.1, -0.05) is 37.3 Å². The standard InChI is InChI=1S/C11H18NO3P/c1-9(16(13,14)15)7-11(12)8-10-5-3-2-4-6-10/h2-6,9,11H,7-8,12H2,1H3,(H2,13,14,15)/t9?,11-/m1/s1. The zero-order valence-corrected chi connectivity index (χ0v) is 10.2. The Morgan fingerprint density at radius 3 is 2.38 bits per heavy atom. The van der Waals surface area contributed by atoms with E-state index in [1.165, 1.54) is 6.92 Å². The molecule has 4 nitrogen and oxygen atoms in total. The molecule has 0 aliphatic rings. The van der Waals surface area contributed by atoms with E-state index in [4.69, 9.17) is 15.5 Å². The van der Waals surface area contributed by atoms with Gasteiger partial charge in [0.1, 0.15) is 0 Å². The molecule has 1 aromatic rings. The first-order chi connectivity index (χ1) is 7.39. The molecule has 0 saturated heterocycles. The van der Waals surface area contributed by atoms with Gasteiger partial charge in [0.05, 0.1) is 5.66 Å². The maximum atomic E-state index is 11.0. The van der Waals surface area contributed by atoms with Crippen molar-refractivity contribution in [2.24, 2.45) is 5.73 Å². The summed E-state index contributed by atoms with van der Waals surface area (Å²) in [4.78, 5) is 17.9. The first kappa shape index (κ1) is 13.4. The predicted octanol–water partition coefficient (Wildman–Crippen LogP) is 1.51. The van der Waals surface area contributed by atoms with E-state index in [1.54, 1.807) is 0 Å². The van der Waals surface area contributed by atoms with Gasteiger partial charge in [-0.05, 0) is 18.4 Å². The Labute approximate surface area is 95.6 Å². The van der Waals surface area contributed by atoms with Crippen LogP contribution in [-0.4, -0.2) is 21.5 Å². The summed E-state index contributed by atoms with van der Waals surface area (Å²) < 4.78 is 11.0. The monoisotopic (exact) mass is 243 g/mol. The van der Waals surface area contributed by atoms with Crippen molar-refractivity contribution in [2.45, 2.75) is 31.5 Å². The van der Waals surface area contributed by atoms with E-state index < -0.39 is 13.3 Å². The van der Waals surface area contributed by atoms with Gasteiger partial charge in [-0.2, -0.15) is 0 Å². The zero-order valence-electron chi connectivity index (χ0n) is 9.28. The lowest BCUT2D eigenvalue weighted by molar-refractivity contribution is 0.353. The second-order valence-corrected chi connectivity index (χ2v) is 6.18. The third-order valence-corrected chi connectivity index (χ3v) is 3.92. The van der Waals surface area contributed by atoms with Crippen LogP contribution >= 0.6 is 7.60 Å². The van der Waals surface area contributed by atoms with Crippen molar-refractivity contribution in [3.8, 4) is 0 Å². The fourth-order valence-corrected chi connectivity index (χ4v) is 2.12. The minimum absolute atomic E-state index is 0.218. The lowest BCUT2D eigenvalue weighted by Gasteiger charge is -2.18. The van der Waals surface area contributed by atoms with E-state index in [9.17, 15) is 4.57 Å². The molecule has 0 aromatic heterocycles. The van der Waals surface area contributed by atoms with E-state index in [0.29, 0.717) is 12.8 Å². The highest BCUT2D eigenvalue weighted by molar-refractivity contribution is 7.52. The van der Waals surface area contributed by atoms with Crippen LogP contribution in [0.15, 0.2) is 30.3 Å². The van der Waals surface area contributed by atoms with Crippen molar-refractivity contribution in [3.05, 3.63) is 35.9 Å². The Hall–Kier alpha value is -0.670. The molecule has 5 heteroatoms. The van der Waals surface area contributed by atoms with Crippen molar-refractivity contribution in [3.63, 3.8) is 0 Å². The highest BCUT2D eigenvalue weighted by atomic mass is 31.2. The topological polar surface area (TPSA) is 83.6 Å². The number of rotatable bonds is 5. The summed E-state index contributed by atoms with van der Waals surface area (Å²) in [6.45, 7) is 1.53. The van der Waals surface area contributed by atoms with Gasteiger partial charge >= 0.3 is 7.60 Å². The van der Waals surface area contributed by atoms with E-state index in [1.807, 2.05) is 30.3 Å². The SMILES string of the molecule is CC(C[C@@H](N)Cc1ccccc1)P(=O)(O)O. The minimum atomic E-state index is -4.00. The summed E-state index contributed by atoms with van der Waals surface area (Å²) in [7, 11) is -4.00. The molecular weight excluding hydrogens is 225 g/mol. The van der Waals surface area contributed by atoms with Gasteiger partial charge < -0.3 is 15.5 Å². The van der Waals surface area contributed by atoms with Crippen LogP contribution in [-0.2, 0) is 11.0 Å². The largest absolute Gasteiger partial charge is 0.328 e. The third kappa shape index (κ3) is 4.45. The van der Waals surface area contributed by atoms with Crippen molar-refractivity contribution < 1.29 is 14.4 Å². The number of benzene rings is 1. The van der Waals surface area contributed by atoms with Crippen molar-refractivity contribution >= 4 is 7.60 Å². The lowest BCUT2D eigenvalue weighted by atomic mass is 10.0. The maximum Gasteiger partial charge on any atom is 0.328 e. The molecule has 90 valence electrons. The fraction of sp³-hybridized carbons (Fsp3) is 0.455. The molecule has 0 spiro atoms. The summed E-state index contributed by atoms with van der Waals surface area (Å²) in [6, 6.07) is 9.48. The van der Waals surface area contributed by atoms with Crippen LogP contribution in [0.4, 0.5) is 0 Å². The Balaban J connectivity index is 2.48. The molecule has 2 atom stereocenters. The second kappa shape index (κ2) is 5.60. The third-order valence-electron chi connectivity index (χ3n) is 2.56. The maximum absolute atomic E-state index is 11.0. The lowest BCUT2D eigenvalue weighted by Crippen LogP contribution is -2.27. The van der Waals surface area contributed by atoms with E-state index >= 15 is 0 Å². The van der Waals surface area contributed by atoms with Crippen LogP contribution in [0.25, 0.3) is 0 Å². The molecule has 0 fully saturated rings. The second-order valence-electron chi connectivity index (χ2n) is 4.12. The first-order valence-electron chi connectivity index (χ1n) is 5.24. The average molecular weight is 243 g/mol. The van der Waals surface area contributed by atoms with Crippen LogP contribution in [0.2, 0.25) is 0 Å². The van der Waals surface area contributed by atoms with E-state index in [-0.39, 0.29) is 6.04 Å². The minimum Gasteiger partial charge on any atom is -0.327 e. The molecule has 1 unspecified atom stereocenters. The molecular formula is C11H18NO3P. The summed E-state index contributed by atoms with van der Waals surface area (Å²) in [5.74, 6) is 0. The molecule has 0 aliphatic carbocycles. The van der Waals surface area contributed by atoms with Crippen molar-refractivity contribution in [1.82, 2.24) is 0 Å². The van der Waals surface area contributed by atoms with Crippen LogP contribution in [0, 0.1) is 0 Å². The van der Waals surface area contributed by atoms with E-state index in [0.717, 1.165) is 5.56 Å². The molecule has 4 N–H and O–H groups in total. The van der Waals surface area contributed by atoms with Gasteiger partial charge in [0, 0.05) is 6.04 Å². The highest BCUT2D eigenvalue weighted by Crippen LogP contribution is 2.42. The summed E-state index contributed by atoms with van der Waals surface area (Å²) in [5, 5.41) is 0. The molecule has 0 saturated carbocycles. The highest BCUT2D eigenvalue weighted by Gasteiger charge is 2.25. The Morgan fingerprint density at radius 1 is 1.31 bits per heavy atom. The molecule has 1 rings (SSSR count). The summed E-state index contributed by atoms with van der Waals surface area (Å²) in [6.07, 6.45) is 0.977. The van der Waals surface area contributed by atoms with Gasteiger partial charge in [-0.25, -0.2) is 0 Å².